The molecule has 0 fully saturated rings. The highest BCUT2D eigenvalue weighted by Gasteiger charge is 2.12. The molecule has 108 valence electrons. The summed E-state index contributed by atoms with van der Waals surface area (Å²) < 4.78 is 32.3. The van der Waals surface area contributed by atoms with Crippen LogP contribution >= 0.6 is 0 Å². The number of halogens is 2. The van der Waals surface area contributed by atoms with Crippen molar-refractivity contribution in [3.8, 4) is 11.8 Å². The van der Waals surface area contributed by atoms with Gasteiger partial charge in [0.25, 0.3) is 0 Å². The van der Waals surface area contributed by atoms with Crippen LogP contribution in [0.4, 0.5) is 14.5 Å². The molecule has 1 unspecified atom stereocenters. The van der Waals surface area contributed by atoms with Gasteiger partial charge in [-0.2, -0.15) is 5.26 Å². The number of benzene rings is 2. The molecule has 0 bridgehead atoms. The molecule has 0 amide bonds. The number of nitrogens with one attached hydrogen (secondary N) is 1. The molecule has 2 aromatic carbocycles. The van der Waals surface area contributed by atoms with Gasteiger partial charge >= 0.3 is 0 Å². The number of nitriles is 1. The molecule has 1 atom stereocenters. The SMILES string of the molecule is CC(Nc1c(F)cccc1F)c1ccc(OCC#N)cc1. The number of ether oxygens (including phenoxy) is 1. The van der Waals surface area contributed by atoms with Gasteiger partial charge in [0.1, 0.15) is 29.1 Å². The van der Waals surface area contributed by atoms with Crippen molar-refractivity contribution >= 4 is 5.69 Å². The lowest BCUT2D eigenvalue weighted by Gasteiger charge is -2.17. The van der Waals surface area contributed by atoms with Gasteiger partial charge in [-0.25, -0.2) is 8.78 Å². The van der Waals surface area contributed by atoms with Crippen molar-refractivity contribution < 1.29 is 13.5 Å². The molecular weight excluding hydrogens is 274 g/mol. The molecule has 3 nitrogen and oxygen atoms in total. The van der Waals surface area contributed by atoms with E-state index in [1.165, 1.54) is 18.2 Å². The molecule has 0 heterocycles. The third-order valence-corrected chi connectivity index (χ3v) is 3.01. The largest absolute Gasteiger partial charge is 0.479 e. The fraction of sp³-hybridized carbons (Fsp3) is 0.188. The molecular formula is C16H14F2N2O. The predicted octanol–water partition coefficient (Wildman–Crippen LogP) is 4.04. The zero-order valence-corrected chi connectivity index (χ0v) is 11.4. The van der Waals surface area contributed by atoms with Gasteiger partial charge in [0, 0.05) is 6.04 Å². The first-order valence-electron chi connectivity index (χ1n) is 6.42. The maximum Gasteiger partial charge on any atom is 0.174 e. The van der Waals surface area contributed by atoms with Crippen LogP contribution in [0.15, 0.2) is 42.5 Å². The van der Waals surface area contributed by atoms with Crippen molar-refractivity contribution in [1.82, 2.24) is 0 Å². The van der Waals surface area contributed by atoms with Crippen LogP contribution in [0.25, 0.3) is 0 Å². The van der Waals surface area contributed by atoms with Gasteiger partial charge in [-0.15, -0.1) is 0 Å². The lowest BCUT2D eigenvalue weighted by atomic mass is 10.1. The third-order valence-electron chi connectivity index (χ3n) is 3.01. The Morgan fingerprint density at radius 1 is 1.14 bits per heavy atom. The minimum atomic E-state index is -0.629. The van der Waals surface area contributed by atoms with Crippen LogP contribution in [-0.2, 0) is 0 Å². The van der Waals surface area contributed by atoms with Gasteiger partial charge < -0.3 is 10.1 Å². The second kappa shape index (κ2) is 6.71. The minimum Gasteiger partial charge on any atom is -0.479 e. The monoisotopic (exact) mass is 288 g/mol. The lowest BCUT2D eigenvalue weighted by molar-refractivity contribution is 0.368. The number of anilines is 1. The molecule has 5 heteroatoms. The number of hydrogen-bond donors (Lipinski definition) is 1. The Morgan fingerprint density at radius 3 is 2.33 bits per heavy atom. The van der Waals surface area contributed by atoms with Crippen molar-refractivity contribution in [2.24, 2.45) is 0 Å². The van der Waals surface area contributed by atoms with E-state index in [0.29, 0.717) is 5.75 Å². The second-order valence-corrected chi connectivity index (χ2v) is 4.48. The van der Waals surface area contributed by atoms with Crippen LogP contribution in [0, 0.1) is 23.0 Å². The topological polar surface area (TPSA) is 45.0 Å². The van der Waals surface area contributed by atoms with Crippen LogP contribution in [-0.4, -0.2) is 6.61 Å². The van der Waals surface area contributed by atoms with E-state index in [4.69, 9.17) is 10.00 Å². The van der Waals surface area contributed by atoms with Gasteiger partial charge in [0.05, 0.1) is 0 Å². The minimum absolute atomic E-state index is 0.0202. The third kappa shape index (κ3) is 3.69. The Bertz CT molecular complexity index is 630. The van der Waals surface area contributed by atoms with E-state index in [1.807, 2.05) is 6.07 Å². The highest BCUT2D eigenvalue weighted by molar-refractivity contribution is 5.48. The lowest BCUT2D eigenvalue weighted by Crippen LogP contribution is -2.09. The first kappa shape index (κ1) is 14.8. The van der Waals surface area contributed by atoms with Gasteiger partial charge in [-0.05, 0) is 36.8 Å². The van der Waals surface area contributed by atoms with Crippen LogP contribution in [0.5, 0.6) is 5.75 Å². The molecule has 0 spiro atoms. The van der Waals surface area contributed by atoms with Crippen LogP contribution < -0.4 is 10.1 Å². The Balaban J connectivity index is 2.10. The Hall–Kier alpha value is -2.61. The smallest absolute Gasteiger partial charge is 0.174 e. The van der Waals surface area contributed by atoms with Crippen LogP contribution in [0.1, 0.15) is 18.5 Å². The van der Waals surface area contributed by atoms with E-state index in [9.17, 15) is 8.78 Å². The molecule has 2 rings (SSSR count). The van der Waals surface area contributed by atoms with E-state index in [2.05, 4.69) is 5.32 Å². The van der Waals surface area contributed by atoms with E-state index in [1.54, 1.807) is 31.2 Å². The standard InChI is InChI=1S/C16H14F2N2O/c1-11(20-16-14(17)3-2-4-15(16)18)12-5-7-13(8-6-12)21-10-9-19/h2-8,11,20H,10H2,1H3. The maximum absolute atomic E-state index is 13.6. The number of para-hydroxylation sites is 1. The normalized spacial score (nSPS) is 11.5. The molecule has 2 aromatic rings. The number of rotatable bonds is 5. The molecule has 0 saturated carbocycles. The first-order chi connectivity index (χ1) is 10.1. The summed E-state index contributed by atoms with van der Waals surface area (Å²) in [6.45, 7) is 1.78. The quantitative estimate of drug-likeness (QED) is 0.903. The molecule has 0 aliphatic heterocycles. The summed E-state index contributed by atoms with van der Waals surface area (Å²) >= 11 is 0. The highest BCUT2D eigenvalue weighted by Crippen LogP contribution is 2.25. The summed E-state index contributed by atoms with van der Waals surface area (Å²) in [6.07, 6.45) is 0. The van der Waals surface area contributed by atoms with Crippen molar-refractivity contribution in [3.05, 3.63) is 59.7 Å². The second-order valence-electron chi connectivity index (χ2n) is 4.48. The fourth-order valence-corrected chi connectivity index (χ4v) is 1.90. The summed E-state index contributed by atoms with van der Waals surface area (Å²) in [6, 6.07) is 12.3. The summed E-state index contributed by atoms with van der Waals surface area (Å²) in [4.78, 5) is 0. The zero-order chi connectivity index (χ0) is 15.2. The molecule has 21 heavy (non-hydrogen) atoms. The van der Waals surface area contributed by atoms with Crippen molar-refractivity contribution in [3.63, 3.8) is 0 Å². The average molecular weight is 288 g/mol. The average Bonchev–Trinajstić information content (AvgIpc) is 2.49. The van der Waals surface area contributed by atoms with Crippen molar-refractivity contribution in [2.75, 3.05) is 11.9 Å². The molecule has 0 aromatic heterocycles. The summed E-state index contributed by atoms with van der Waals surface area (Å²) in [7, 11) is 0. The molecule has 1 N–H and O–H groups in total. The maximum atomic E-state index is 13.6. The van der Waals surface area contributed by atoms with Crippen LogP contribution in [0.3, 0.4) is 0 Å². The van der Waals surface area contributed by atoms with Crippen molar-refractivity contribution in [1.29, 1.82) is 5.26 Å². The Kier molecular flexibility index (Phi) is 4.72. The molecule has 0 radical (unpaired) electrons. The highest BCUT2D eigenvalue weighted by atomic mass is 19.1. The Labute approximate surface area is 121 Å². The summed E-state index contributed by atoms with van der Waals surface area (Å²) in [5.41, 5.74) is 0.705. The fourth-order valence-electron chi connectivity index (χ4n) is 1.90. The van der Waals surface area contributed by atoms with E-state index >= 15 is 0 Å². The van der Waals surface area contributed by atoms with Gasteiger partial charge in [-0.1, -0.05) is 18.2 Å². The van der Waals surface area contributed by atoms with Crippen molar-refractivity contribution in [2.45, 2.75) is 13.0 Å². The van der Waals surface area contributed by atoms with Crippen LogP contribution in [0.2, 0.25) is 0 Å². The van der Waals surface area contributed by atoms with Gasteiger partial charge in [0.2, 0.25) is 0 Å². The first-order valence-corrected chi connectivity index (χ1v) is 6.42. The molecule has 0 saturated heterocycles. The number of nitrogens with zero attached hydrogens (tertiary/aromatic N) is 1. The summed E-state index contributed by atoms with van der Waals surface area (Å²) in [5.74, 6) is -0.684. The zero-order valence-electron chi connectivity index (χ0n) is 11.4. The molecule has 0 aliphatic carbocycles. The number of hydrogen-bond acceptors (Lipinski definition) is 3. The molecule has 0 aliphatic rings. The van der Waals surface area contributed by atoms with Gasteiger partial charge in [-0.3, -0.25) is 0 Å². The predicted molar refractivity (Wildman–Crippen MR) is 75.9 cm³/mol. The van der Waals surface area contributed by atoms with Gasteiger partial charge in [0.15, 0.2) is 6.61 Å². The summed E-state index contributed by atoms with van der Waals surface area (Å²) in [5, 5.41) is 11.2. The van der Waals surface area contributed by atoms with E-state index < -0.39 is 11.6 Å². The Morgan fingerprint density at radius 2 is 1.76 bits per heavy atom. The van der Waals surface area contributed by atoms with E-state index in [0.717, 1.165) is 5.56 Å². The van der Waals surface area contributed by atoms with E-state index in [-0.39, 0.29) is 18.3 Å².